The molecule has 33 heavy (non-hydrogen) atoms. The van der Waals surface area contributed by atoms with Gasteiger partial charge < -0.3 is 14.3 Å². The molecule has 1 N–H and O–H groups in total. The molecule has 0 radical (unpaired) electrons. The molecule has 170 valence electrons. The molecular weight excluding hydrogens is 424 g/mol. The summed E-state index contributed by atoms with van der Waals surface area (Å²) >= 11 is 0. The highest BCUT2D eigenvalue weighted by molar-refractivity contribution is 6.19. The summed E-state index contributed by atoms with van der Waals surface area (Å²) in [6.07, 6.45) is 1.49. The molecule has 1 aliphatic heterocycles. The molecule has 1 aromatic carbocycles. The summed E-state index contributed by atoms with van der Waals surface area (Å²) in [7, 11) is 0. The molecule has 0 saturated carbocycles. The molecule has 8 nitrogen and oxygen atoms in total. The van der Waals surface area contributed by atoms with Crippen LogP contribution in [0.1, 0.15) is 43.3 Å². The van der Waals surface area contributed by atoms with Gasteiger partial charge in [0.1, 0.15) is 23.2 Å². The van der Waals surface area contributed by atoms with Crippen LogP contribution in [-0.4, -0.2) is 47.0 Å². The Labute approximate surface area is 191 Å². The number of nitrogens with zero attached hydrogens (tertiary/aromatic N) is 2. The van der Waals surface area contributed by atoms with E-state index in [4.69, 9.17) is 14.3 Å². The van der Waals surface area contributed by atoms with Crippen LogP contribution in [0.3, 0.4) is 0 Å². The van der Waals surface area contributed by atoms with E-state index in [-0.39, 0.29) is 42.4 Å². The van der Waals surface area contributed by atoms with Crippen LogP contribution >= 0.6 is 0 Å². The number of carbonyl (C=O) groups is 3. The Hall–Kier alpha value is -3.96. The molecule has 8 heteroatoms. The predicted octanol–water partition coefficient (Wildman–Crippen LogP) is 3.49. The number of nitriles is 1. The Morgan fingerprint density at radius 2 is 1.88 bits per heavy atom. The molecule has 2 heterocycles. The maximum absolute atomic E-state index is 12.9. The van der Waals surface area contributed by atoms with Gasteiger partial charge in [0.05, 0.1) is 11.7 Å². The predicted molar refractivity (Wildman–Crippen MR) is 119 cm³/mol. The van der Waals surface area contributed by atoms with Crippen molar-refractivity contribution in [2.75, 3.05) is 13.2 Å². The van der Waals surface area contributed by atoms with Crippen molar-refractivity contribution in [2.45, 2.75) is 33.3 Å². The zero-order valence-electron chi connectivity index (χ0n) is 18.6. The average molecular weight is 448 g/mol. The molecule has 0 saturated heterocycles. The number of esters is 1. The third-order valence-electron chi connectivity index (χ3n) is 5.03. The van der Waals surface area contributed by atoms with E-state index < -0.39 is 17.8 Å². The zero-order valence-corrected chi connectivity index (χ0v) is 18.6. The van der Waals surface area contributed by atoms with E-state index >= 15 is 0 Å². The van der Waals surface area contributed by atoms with E-state index in [1.165, 1.54) is 6.08 Å². The molecule has 2 aromatic rings. The highest BCUT2D eigenvalue weighted by atomic mass is 16.5. The van der Waals surface area contributed by atoms with Crippen molar-refractivity contribution in [1.82, 2.24) is 4.90 Å². The number of imide groups is 1. The number of hydrogen-bond acceptors (Lipinski definition) is 7. The lowest BCUT2D eigenvalue weighted by atomic mass is 9.94. The second kappa shape index (κ2) is 10.1. The first-order valence-electron chi connectivity index (χ1n) is 10.5. The minimum Gasteiger partial charge on any atom is -0.459 e. The van der Waals surface area contributed by atoms with Gasteiger partial charge in [-0.05, 0) is 63.1 Å². The molecule has 3 rings (SSSR count). The largest absolute Gasteiger partial charge is 0.459 e. The Bertz CT molecular complexity index is 1180. The van der Waals surface area contributed by atoms with Crippen LogP contribution in [0.25, 0.3) is 17.4 Å². The van der Waals surface area contributed by atoms with Crippen molar-refractivity contribution in [1.29, 1.82) is 5.26 Å². The zero-order chi connectivity index (χ0) is 24.1. The Kier molecular flexibility index (Phi) is 7.26. The molecule has 0 aliphatic carbocycles. The summed E-state index contributed by atoms with van der Waals surface area (Å²) in [6.45, 7) is 4.93. The van der Waals surface area contributed by atoms with Gasteiger partial charge in [-0.3, -0.25) is 14.5 Å². The second-order valence-electron chi connectivity index (χ2n) is 7.74. The SMILES string of the molecule is CC1=C(C#N)C(=O)N(CCCO)C(=O)/C1=C\c1ccc(-c2ccc(C(=O)OC(C)C)cc2)o1. The van der Waals surface area contributed by atoms with Crippen LogP contribution in [0.15, 0.2) is 57.5 Å². The molecule has 0 atom stereocenters. The van der Waals surface area contributed by atoms with Gasteiger partial charge in [0, 0.05) is 24.3 Å². The minimum atomic E-state index is -0.665. The summed E-state index contributed by atoms with van der Waals surface area (Å²) in [4.78, 5) is 38.3. The van der Waals surface area contributed by atoms with Crippen LogP contribution in [0.2, 0.25) is 0 Å². The van der Waals surface area contributed by atoms with Crippen LogP contribution in [0, 0.1) is 11.3 Å². The molecular formula is C25H24N2O6. The molecule has 0 bridgehead atoms. The summed E-state index contributed by atoms with van der Waals surface area (Å²) in [6, 6.07) is 12.0. The van der Waals surface area contributed by atoms with Crippen molar-refractivity contribution in [3.05, 3.63) is 64.4 Å². The molecule has 1 aliphatic rings. The maximum Gasteiger partial charge on any atom is 0.338 e. The highest BCUT2D eigenvalue weighted by Crippen LogP contribution is 2.29. The molecule has 1 aromatic heterocycles. The summed E-state index contributed by atoms with van der Waals surface area (Å²) in [5.74, 6) is -0.736. The smallest absolute Gasteiger partial charge is 0.338 e. The monoisotopic (exact) mass is 448 g/mol. The van der Waals surface area contributed by atoms with Gasteiger partial charge in [-0.2, -0.15) is 5.26 Å². The van der Waals surface area contributed by atoms with E-state index in [1.54, 1.807) is 57.2 Å². The first-order chi connectivity index (χ1) is 15.8. The first kappa shape index (κ1) is 23.7. The van der Waals surface area contributed by atoms with Crippen molar-refractivity contribution in [2.24, 2.45) is 0 Å². The number of furan rings is 1. The molecule has 0 unspecified atom stereocenters. The summed E-state index contributed by atoms with van der Waals surface area (Å²) in [5, 5.41) is 18.5. The number of ether oxygens (including phenoxy) is 1. The second-order valence-corrected chi connectivity index (χ2v) is 7.74. The minimum absolute atomic E-state index is 0.0129. The fraction of sp³-hybridized carbons (Fsp3) is 0.280. The normalized spacial score (nSPS) is 15.4. The number of rotatable bonds is 7. The molecule has 0 spiro atoms. The number of hydrogen-bond donors (Lipinski definition) is 1. The average Bonchev–Trinajstić information content (AvgIpc) is 3.25. The van der Waals surface area contributed by atoms with E-state index in [1.807, 2.05) is 6.07 Å². The Morgan fingerprint density at radius 3 is 2.48 bits per heavy atom. The van der Waals surface area contributed by atoms with Gasteiger partial charge in [-0.1, -0.05) is 12.1 Å². The third-order valence-corrected chi connectivity index (χ3v) is 5.03. The van der Waals surface area contributed by atoms with E-state index in [0.29, 0.717) is 17.1 Å². The van der Waals surface area contributed by atoms with E-state index in [9.17, 15) is 19.6 Å². The Morgan fingerprint density at radius 1 is 1.18 bits per heavy atom. The lowest BCUT2D eigenvalue weighted by Gasteiger charge is -2.27. The van der Waals surface area contributed by atoms with Gasteiger partial charge in [-0.25, -0.2) is 4.79 Å². The van der Waals surface area contributed by atoms with Gasteiger partial charge in [0.2, 0.25) is 0 Å². The number of aliphatic hydroxyl groups excluding tert-OH is 1. The van der Waals surface area contributed by atoms with Gasteiger partial charge in [-0.15, -0.1) is 0 Å². The van der Waals surface area contributed by atoms with Crippen molar-refractivity contribution in [3.63, 3.8) is 0 Å². The number of benzene rings is 1. The van der Waals surface area contributed by atoms with E-state index in [0.717, 1.165) is 10.5 Å². The standard InChI is InChI=1S/C25H24N2O6/c1-15(2)32-25(31)18-7-5-17(6-8-18)22-10-9-19(33-22)13-20-16(3)21(14-26)24(30)27(23(20)29)11-4-12-28/h5-10,13,15,28H,4,11-12H2,1-3H3/b20-13-. The van der Waals surface area contributed by atoms with Gasteiger partial charge in [0.25, 0.3) is 11.8 Å². The summed E-state index contributed by atoms with van der Waals surface area (Å²) < 4.78 is 11.0. The van der Waals surface area contributed by atoms with Crippen LogP contribution in [0.5, 0.6) is 0 Å². The number of aliphatic hydroxyl groups is 1. The van der Waals surface area contributed by atoms with Gasteiger partial charge >= 0.3 is 5.97 Å². The summed E-state index contributed by atoms with van der Waals surface area (Å²) in [5.41, 5.74) is 1.48. The van der Waals surface area contributed by atoms with Gasteiger partial charge in [0.15, 0.2) is 0 Å². The van der Waals surface area contributed by atoms with E-state index in [2.05, 4.69) is 0 Å². The third kappa shape index (κ3) is 5.10. The maximum atomic E-state index is 12.9. The van der Waals surface area contributed by atoms with Crippen molar-refractivity contribution in [3.8, 4) is 17.4 Å². The van der Waals surface area contributed by atoms with Crippen LogP contribution < -0.4 is 0 Å². The highest BCUT2D eigenvalue weighted by Gasteiger charge is 2.35. The van der Waals surface area contributed by atoms with Crippen LogP contribution in [0.4, 0.5) is 0 Å². The van der Waals surface area contributed by atoms with Crippen LogP contribution in [-0.2, 0) is 14.3 Å². The van der Waals surface area contributed by atoms with Crippen molar-refractivity contribution < 1.29 is 28.6 Å². The fourth-order valence-electron chi connectivity index (χ4n) is 3.34. The number of amides is 2. The number of carbonyl (C=O) groups excluding carboxylic acids is 3. The Balaban J connectivity index is 1.89. The molecule has 0 fully saturated rings. The lowest BCUT2D eigenvalue weighted by molar-refractivity contribution is -0.140. The first-order valence-corrected chi connectivity index (χ1v) is 10.5. The molecule has 2 amide bonds. The lowest BCUT2D eigenvalue weighted by Crippen LogP contribution is -2.43. The topological polar surface area (TPSA) is 121 Å². The fourth-order valence-corrected chi connectivity index (χ4v) is 3.34. The quantitative estimate of drug-likeness (QED) is 0.391. The van der Waals surface area contributed by atoms with Crippen molar-refractivity contribution >= 4 is 23.9 Å².